The lowest BCUT2D eigenvalue weighted by Crippen LogP contribution is -2.15. The van der Waals surface area contributed by atoms with Gasteiger partial charge in [-0.15, -0.1) is 0 Å². The second-order valence-electron chi connectivity index (χ2n) is 4.15. The van der Waals surface area contributed by atoms with Crippen molar-refractivity contribution in [3.8, 4) is 11.5 Å². The molecular weight excluding hydrogens is 262 g/mol. The first-order valence-corrected chi connectivity index (χ1v) is 6.91. The van der Waals surface area contributed by atoms with Crippen LogP contribution in [-0.4, -0.2) is 20.3 Å². The van der Waals surface area contributed by atoms with E-state index in [1.165, 1.54) is 0 Å². The predicted octanol–water partition coefficient (Wildman–Crippen LogP) is 3.80. The molecule has 0 aliphatic carbocycles. The Bertz CT molecular complexity index is 419. The fraction of sp³-hybridized carbons (Fsp3) is 0.467. The highest BCUT2D eigenvalue weighted by atomic mass is 35.5. The van der Waals surface area contributed by atoms with Crippen molar-refractivity contribution in [2.45, 2.75) is 26.8 Å². The summed E-state index contributed by atoms with van der Waals surface area (Å²) in [7, 11) is 1.62. The largest absolute Gasteiger partial charge is 0.493 e. The first-order chi connectivity index (χ1) is 9.22. The van der Waals surface area contributed by atoms with Crippen molar-refractivity contribution in [1.82, 2.24) is 5.32 Å². The van der Waals surface area contributed by atoms with Crippen LogP contribution >= 0.6 is 11.6 Å². The number of hydrogen-bond acceptors (Lipinski definition) is 3. The molecule has 1 N–H and O–H groups in total. The second-order valence-corrected chi connectivity index (χ2v) is 4.59. The van der Waals surface area contributed by atoms with E-state index in [-0.39, 0.29) is 0 Å². The van der Waals surface area contributed by atoms with E-state index in [1.54, 1.807) is 13.2 Å². The lowest BCUT2D eigenvalue weighted by molar-refractivity contribution is 0.322. The number of allylic oxidation sites excluding steroid dienone is 1. The zero-order valence-electron chi connectivity index (χ0n) is 11.8. The molecule has 0 unspecified atom stereocenters. The first-order valence-electron chi connectivity index (χ1n) is 6.54. The van der Waals surface area contributed by atoms with Gasteiger partial charge in [-0.05, 0) is 26.0 Å². The minimum atomic E-state index is 0.523. The van der Waals surface area contributed by atoms with Crippen LogP contribution in [0.2, 0.25) is 5.02 Å². The van der Waals surface area contributed by atoms with Gasteiger partial charge in [-0.3, -0.25) is 0 Å². The molecule has 0 saturated carbocycles. The lowest BCUT2D eigenvalue weighted by atomic mass is 10.1. The average Bonchev–Trinajstić information content (AvgIpc) is 2.41. The molecule has 0 heterocycles. The predicted molar refractivity (Wildman–Crippen MR) is 80.3 cm³/mol. The van der Waals surface area contributed by atoms with E-state index in [2.05, 4.69) is 12.2 Å². The molecule has 1 aromatic carbocycles. The summed E-state index contributed by atoms with van der Waals surface area (Å²) < 4.78 is 11.1. The third-order valence-electron chi connectivity index (χ3n) is 2.62. The van der Waals surface area contributed by atoms with Crippen LogP contribution in [-0.2, 0) is 6.54 Å². The van der Waals surface area contributed by atoms with Crippen molar-refractivity contribution in [2.24, 2.45) is 0 Å². The third-order valence-corrected chi connectivity index (χ3v) is 2.84. The number of nitrogens with one attached hydrogen (secondary N) is 1. The number of hydrogen-bond donors (Lipinski definition) is 1. The van der Waals surface area contributed by atoms with E-state index in [1.807, 2.05) is 25.1 Å². The first kappa shape index (κ1) is 15.9. The maximum atomic E-state index is 6.10. The molecule has 0 fully saturated rings. The van der Waals surface area contributed by atoms with Gasteiger partial charge in [-0.25, -0.2) is 0 Å². The van der Waals surface area contributed by atoms with E-state index in [0.717, 1.165) is 30.8 Å². The van der Waals surface area contributed by atoms with Gasteiger partial charge in [0.15, 0.2) is 11.5 Å². The van der Waals surface area contributed by atoms with Crippen LogP contribution in [0.15, 0.2) is 24.3 Å². The maximum Gasteiger partial charge on any atom is 0.166 e. The van der Waals surface area contributed by atoms with Gasteiger partial charge in [0.05, 0.1) is 7.11 Å². The Morgan fingerprint density at radius 3 is 2.79 bits per heavy atom. The molecule has 0 bridgehead atoms. The molecule has 0 atom stereocenters. The van der Waals surface area contributed by atoms with Crippen molar-refractivity contribution in [3.63, 3.8) is 0 Å². The summed E-state index contributed by atoms with van der Waals surface area (Å²) in [6, 6.07) is 3.69. The minimum Gasteiger partial charge on any atom is -0.493 e. The van der Waals surface area contributed by atoms with E-state index in [9.17, 15) is 0 Å². The molecule has 1 aromatic rings. The second kappa shape index (κ2) is 8.83. The highest BCUT2D eigenvalue weighted by molar-refractivity contribution is 6.30. The van der Waals surface area contributed by atoms with Crippen LogP contribution in [0, 0.1) is 0 Å². The SMILES string of the molecule is C/C=C/COc1c(CNCCC)cc(Cl)cc1OC. The summed E-state index contributed by atoms with van der Waals surface area (Å²) in [6.45, 7) is 6.30. The quantitative estimate of drug-likeness (QED) is 0.581. The molecule has 0 spiro atoms. The van der Waals surface area contributed by atoms with E-state index < -0.39 is 0 Å². The summed E-state index contributed by atoms with van der Waals surface area (Å²) in [5.74, 6) is 1.43. The number of halogens is 1. The molecule has 0 radical (unpaired) electrons. The Hall–Kier alpha value is -1.19. The molecule has 0 aromatic heterocycles. The highest BCUT2D eigenvalue weighted by Gasteiger charge is 2.12. The standard InChI is InChI=1S/C15H22ClNO2/c1-4-6-8-19-15-12(11-17-7-5-2)9-13(16)10-14(15)18-3/h4,6,9-10,17H,5,7-8,11H2,1-3H3/b6-4+. The number of ether oxygens (including phenoxy) is 2. The topological polar surface area (TPSA) is 30.5 Å². The molecule has 0 saturated heterocycles. The Morgan fingerprint density at radius 1 is 1.37 bits per heavy atom. The van der Waals surface area contributed by atoms with Gasteiger partial charge in [0.25, 0.3) is 0 Å². The van der Waals surface area contributed by atoms with Crippen LogP contribution in [0.25, 0.3) is 0 Å². The van der Waals surface area contributed by atoms with E-state index in [4.69, 9.17) is 21.1 Å². The molecule has 0 amide bonds. The summed E-state index contributed by atoms with van der Waals surface area (Å²) in [6.07, 6.45) is 5.00. The molecule has 4 heteroatoms. The average molecular weight is 284 g/mol. The van der Waals surface area contributed by atoms with Gasteiger partial charge in [0.2, 0.25) is 0 Å². The van der Waals surface area contributed by atoms with Gasteiger partial charge in [-0.1, -0.05) is 30.7 Å². The van der Waals surface area contributed by atoms with Crippen LogP contribution in [0.3, 0.4) is 0 Å². The summed E-state index contributed by atoms with van der Waals surface area (Å²) in [4.78, 5) is 0. The van der Waals surface area contributed by atoms with Crippen molar-refractivity contribution in [2.75, 3.05) is 20.3 Å². The Labute approximate surface area is 120 Å². The molecule has 1 rings (SSSR count). The van der Waals surface area contributed by atoms with E-state index in [0.29, 0.717) is 17.4 Å². The molecular formula is C15H22ClNO2. The highest BCUT2D eigenvalue weighted by Crippen LogP contribution is 2.34. The van der Waals surface area contributed by atoms with Crippen molar-refractivity contribution in [1.29, 1.82) is 0 Å². The molecule has 106 valence electrons. The van der Waals surface area contributed by atoms with Crippen LogP contribution in [0.5, 0.6) is 11.5 Å². The molecule has 3 nitrogen and oxygen atoms in total. The fourth-order valence-corrected chi connectivity index (χ4v) is 1.93. The van der Waals surface area contributed by atoms with Gasteiger partial charge in [0.1, 0.15) is 6.61 Å². The Balaban J connectivity index is 2.92. The fourth-order valence-electron chi connectivity index (χ4n) is 1.70. The number of rotatable bonds is 8. The molecule has 0 aliphatic heterocycles. The van der Waals surface area contributed by atoms with Crippen LogP contribution < -0.4 is 14.8 Å². The monoisotopic (exact) mass is 283 g/mol. The van der Waals surface area contributed by atoms with Crippen molar-refractivity contribution >= 4 is 11.6 Å². The zero-order chi connectivity index (χ0) is 14.1. The summed E-state index contributed by atoms with van der Waals surface area (Å²) in [5.41, 5.74) is 1.02. The minimum absolute atomic E-state index is 0.523. The van der Waals surface area contributed by atoms with Crippen molar-refractivity contribution in [3.05, 3.63) is 34.9 Å². The molecule has 19 heavy (non-hydrogen) atoms. The van der Waals surface area contributed by atoms with Crippen molar-refractivity contribution < 1.29 is 9.47 Å². The Morgan fingerprint density at radius 2 is 2.16 bits per heavy atom. The lowest BCUT2D eigenvalue weighted by Gasteiger charge is -2.15. The summed E-state index contributed by atoms with van der Waals surface area (Å²) >= 11 is 6.10. The molecule has 0 aliphatic rings. The number of benzene rings is 1. The smallest absolute Gasteiger partial charge is 0.166 e. The van der Waals surface area contributed by atoms with E-state index >= 15 is 0 Å². The van der Waals surface area contributed by atoms with Crippen LogP contribution in [0.1, 0.15) is 25.8 Å². The van der Waals surface area contributed by atoms with Gasteiger partial charge >= 0.3 is 0 Å². The number of methoxy groups -OCH3 is 1. The summed E-state index contributed by atoms with van der Waals surface area (Å²) in [5, 5.41) is 4.00. The van der Waals surface area contributed by atoms with Gasteiger partial charge < -0.3 is 14.8 Å². The Kier molecular flexibility index (Phi) is 7.38. The van der Waals surface area contributed by atoms with Crippen LogP contribution in [0.4, 0.5) is 0 Å². The zero-order valence-corrected chi connectivity index (χ0v) is 12.6. The van der Waals surface area contributed by atoms with Gasteiger partial charge in [-0.2, -0.15) is 0 Å². The third kappa shape index (κ3) is 5.13. The normalized spacial score (nSPS) is 10.9. The van der Waals surface area contributed by atoms with Gasteiger partial charge in [0, 0.05) is 23.2 Å². The maximum absolute atomic E-state index is 6.10.